The van der Waals surface area contributed by atoms with Gasteiger partial charge in [-0.05, 0) is 32.1 Å². The van der Waals surface area contributed by atoms with E-state index in [1.807, 2.05) is 0 Å². The van der Waals surface area contributed by atoms with Gasteiger partial charge in [0.25, 0.3) is 10.0 Å². The molecule has 1 saturated heterocycles. The number of nitrogens with one attached hydrogen (secondary N) is 1. The van der Waals surface area contributed by atoms with E-state index < -0.39 is 16.0 Å². The molecule has 1 aromatic rings. The number of carbonyl (C=O) groups is 1. The predicted octanol–water partition coefficient (Wildman–Crippen LogP) is 1.40. The highest BCUT2D eigenvalue weighted by molar-refractivity contribution is 7.89. The van der Waals surface area contributed by atoms with Crippen molar-refractivity contribution in [2.24, 2.45) is 5.92 Å². The van der Waals surface area contributed by atoms with Crippen molar-refractivity contribution in [3.63, 3.8) is 0 Å². The first-order valence-electron chi connectivity index (χ1n) is 7.17. The minimum Gasteiger partial charge on any atom is -0.462 e. The summed E-state index contributed by atoms with van der Waals surface area (Å²) in [4.78, 5) is 11.8. The third-order valence-corrected chi connectivity index (χ3v) is 5.55. The Morgan fingerprint density at radius 3 is 2.95 bits per heavy atom. The van der Waals surface area contributed by atoms with Gasteiger partial charge in [-0.2, -0.15) is 9.40 Å². The Morgan fingerprint density at radius 2 is 2.24 bits per heavy atom. The van der Waals surface area contributed by atoms with E-state index in [1.54, 1.807) is 6.92 Å². The van der Waals surface area contributed by atoms with Gasteiger partial charge in [0, 0.05) is 13.1 Å². The summed E-state index contributed by atoms with van der Waals surface area (Å²) in [6, 6.07) is 0. The molecule has 0 spiro atoms. The van der Waals surface area contributed by atoms with E-state index in [4.69, 9.17) is 4.74 Å². The van der Waals surface area contributed by atoms with Crippen molar-refractivity contribution >= 4 is 16.0 Å². The molecule has 0 amide bonds. The Kier molecular flexibility index (Phi) is 5.00. The van der Waals surface area contributed by atoms with Crippen molar-refractivity contribution < 1.29 is 17.9 Å². The third-order valence-electron chi connectivity index (χ3n) is 3.67. The van der Waals surface area contributed by atoms with Gasteiger partial charge in [-0.3, -0.25) is 5.10 Å². The standard InChI is InChI=1S/C13H21N3O4S/c1-3-20-13(17)11-9-14-15-12(11)21(18,19)16-7-4-5-10(2)6-8-16/h9-10H,3-8H2,1-2H3,(H,14,15). The predicted molar refractivity (Wildman–Crippen MR) is 76.3 cm³/mol. The topological polar surface area (TPSA) is 92.4 Å². The van der Waals surface area contributed by atoms with Gasteiger partial charge in [0.15, 0.2) is 5.03 Å². The van der Waals surface area contributed by atoms with Gasteiger partial charge in [-0.25, -0.2) is 13.2 Å². The number of hydrogen-bond donors (Lipinski definition) is 1. The minimum absolute atomic E-state index is 0.0332. The molecule has 0 aromatic carbocycles. The Bertz CT molecular complexity index is 596. The number of esters is 1. The molecule has 1 aromatic heterocycles. The molecule has 0 aliphatic carbocycles. The van der Waals surface area contributed by atoms with Crippen molar-refractivity contribution in [3.8, 4) is 0 Å². The fraction of sp³-hybridized carbons (Fsp3) is 0.692. The zero-order valence-corrected chi connectivity index (χ0v) is 13.1. The zero-order valence-electron chi connectivity index (χ0n) is 12.3. The normalized spacial score (nSPS) is 21.0. The number of hydrogen-bond acceptors (Lipinski definition) is 5. The first-order valence-corrected chi connectivity index (χ1v) is 8.61. The van der Waals surface area contributed by atoms with E-state index in [1.165, 1.54) is 10.5 Å². The monoisotopic (exact) mass is 315 g/mol. The van der Waals surface area contributed by atoms with Crippen molar-refractivity contribution in [2.75, 3.05) is 19.7 Å². The number of nitrogens with zero attached hydrogens (tertiary/aromatic N) is 2. The number of H-pyrrole nitrogens is 1. The molecule has 8 heteroatoms. The molecule has 1 fully saturated rings. The second-order valence-corrected chi connectivity index (χ2v) is 7.15. The quantitative estimate of drug-likeness (QED) is 0.848. The molecule has 1 aliphatic rings. The molecule has 7 nitrogen and oxygen atoms in total. The molecule has 2 heterocycles. The second kappa shape index (κ2) is 6.57. The average molecular weight is 315 g/mol. The number of carbonyl (C=O) groups excluding carboxylic acids is 1. The van der Waals surface area contributed by atoms with Crippen LogP contribution in [0.15, 0.2) is 11.2 Å². The van der Waals surface area contributed by atoms with Crippen LogP contribution in [0, 0.1) is 5.92 Å². The van der Waals surface area contributed by atoms with E-state index in [-0.39, 0.29) is 17.2 Å². The first-order chi connectivity index (χ1) is 9.96. The summed E-state index contributed by atoms with van der Waals surface area (Å²) in [5.41, 5.74) is -0.0332. The van der Waals surface area contributed by atoms with E-state index >= 15 is 0 Å². The van der Waals surface area contributed by atoms with E-state index in [9.17, 15) is 13.2 Å². The molecule has 1 atom stereocenters. The largest absolute Gasteiger partial charge is 0.462 e. The van der Waals surface area contributed by atoms with Gasteiger partial charge in [-0.15, -0.1) is 0 Å². The summed E-state index contributed by atoms with van der Waals surface area (Å²) in [7, 11) is -3.75. The summed E-state index contributed by atoms with van der Waals surface area (Å²) >= 11 is 0. The summed E-state index contributed by atoms with van der Waals surface area (Å²) in [5, 5.41) is 5.96. The SMILES string of the molecule is CCOC(=O)c1cn[nH]c1S(=O)(=O)N1CCCC(C)CC1. The maximum atomic E-state index is 12.7. The lowest BCUT2D eigenvalue weighted by atomic mass is 10.0. The Morgan fingerprint density at radius 1 is 1.48 bits per heavy atom. The Hall–Kier alpha value is -1.41. The van der Waals surface area contributed by atoms with Crippen LogP contribution in [0.1, 0.15) is 43.5 Å². The van der Waals surface area contributed by atoms with E-state index in [0.29, 0.717) is 19.0 Å². The molecule has 21 heavy (non-hydrogen) atoms. The van der Waals surface area contributed by atoms with Gasteiger partial charge in [0.1, 0.15) is 5.56 Å². The van der Waals surface area contributed by atoms with Gasteiger partial charge in [-0.1, -0.05) is 6.92 Å². The lowest BCUT2D eigenvalue weighted by Gasteiger charge is -2.19. The molecule has 1 N–H and O–H groups in total. The third kappa shape index (κ3) is 3.44. The van der Waals surface area contributed by atoms with Gasteiger partial charge in [0.05, 0.1) is 12.8 Å². The van der Waals surface area contributed by atoms with Crippen LogP contribution in [-0.2, 0) is 14.8 Å². The van der Waals surface area contributed by atoms with Gasteiger partial charge < -0.3 is 4.74 Å². The van der Waals surface area contributed by atoms with E-state index in [0.717, 1.165) is 19.3 Å². The molecule has 1 aliphatic heterocycles. The fourth-order valence-corrected chi connectivity index (χ4v) is 3.99. The maximum absolute atomic E-state index is 12.7. The number of sulfonamides is 1. The molecular weight excluding hydrogens is 294 g/mol. The summed E-state index contributed by atoms with van der Waals surface area (Å²) < 4.78 is 31.7. The maximum Gasteiger partial charge on any atom is 0.342 e. The van der Waals surface area contributed by atoms with Crippen LogP contribution in [-0.4, -0.2) is 48.6 Å². The molecule has 1 unspecified atom stereocenters. The van der Waals surface area contributed by atoms with E-state index in [2.05, 4.69) is 17.1 Å². The highest BCUT2D eigenvalue weighted by atomic mass is 32.2. The van der Waals surface area contributed by atoms with Crippen LogP contribution in [0.5, 0.6) is 0 Å². The Balaban J connectivity index is 2.27. The summed E-state index contributed by atoms with van der Waals surface area (Å²) in [6.45, 7) is 4.90. The van der Waals surface area contributed by atoms with Gasteiger partial charge >= 0.3 is 5.97 Å². The minimum atomic E-state index is -3.75. The highest BCUT2D eigenvalue weighted by Crippen LogP contribution is 2.24. The molecular formula is C13H21N3O4S. The summed E-state index contributed by atoms with van der Waals surface area (Å²) in [6.07, 6.45) is 3.86. The average Bonchev–Trinajstić information content (AvgIpc) is 2.83. The Labute approximate surface area is 124 Å². The number of ether oxygens (including phenoxy) is 1. The van der Waals surface area contributed by atoms with Crippen LogP contribution in [0.3, 0.4) is 0 Å². The van der Waals surface area contributed by atoms with Crippen LogP contribution in [0.4, 0.5) is 0 Å². The fourth-order valence-electron chi connectivity index (χ4n) is 2.43. The molecule has 0 bridgehead atoms. The van der Waals surface area contributed by atoms with Crippen molar-refractivity contribution in [2.45, 2.75) is 38.1 Å². The molecule has 2 rings (SSSR count). The van der Waals surface area contributed by atoms with Crippen LogP contribution in [0.25, 0.3) is 0 Å². The van der Waals surface area contributed by atoms with Crippen molar-refractivity contribution in [1.82, 2.24) is 14.5 Å². The summed E-state index contributed by atoms with van der Waals surface area (Å²) in [5.74, 6) is -0.162. The second-order valence-electron chi connectivity index (χ2n) is 5.27. The van der Waals surface area contributed by atoms with Gasteiger partial charge in [0.2, 0.25) is 0 Å². The number of aromatic nitrogens is 2. The van der Waals surface area contributed by atoms with Crippen LogP contribution >= 0.6 is 0 Å². The molecule has 118 valence electrons. The lowest BCUT2D eigenvalue weighted by Crippen LogP contribution is -2.33. The van der Waals surface area contributed by atoms with Crippen molar-refractivity contribution in [1.29, 1.82) is 0 Å². The lowest BCUT2D eigenvalue weighted by molar-refractivity contribution is 0.0521. The van der Waals surface area contributed by atoms with Crippen molar-refractivity contribution in [3.05, 3.63) is 11.8 Å². The zero-order chi connectivity index (χ0) is 15.5. The molecule has 0 saturated carbocycles. The highest BCUT2D eigenvalue weighted by Gasteiger charge is 2.32. The first kappa shape index (κ1) is 16.0. The number of aromatic amines is 1. The molecule has 0 radical (unpaired) electrons. The number of rotatable bonds is 4. The smallest absolute Gasteiger partial charge is 0.342 e. The van der Waals surface area contributed by atoms with Crippen LogP contribution in [0.2, 0.25) is 0 Å². The van der Waals surface area contributed by atoms with Crippen LogP contribution < -0.4 is 0 Å².